The number of rotatable bonds is 25. The lowest BCUT2D eigenvalue weighted by atomic mass is 9.75. The topological polar surface area (TPSA) is 89.1 Å². The molecule has 0 radical (unpaired) electrons. The van der Waals surface area contributed by atoms with Gasteiger partial charge in [-0.2, -0.15) is 0 Å². The van der Waals surface area contributed by atoms with Gasteiger partial charge in [-0.1, -0.05) is 122 Å². The van der Waals surface area contributed by atoms with Crippen LogP contribution in [-0.4, -0.2) is 76.2 Å². The van der Waals surface area contributed by atoms with Crippen LogP contribution in [0.1, 0.15) is 148 Å². The number of unbranched alkanes of at least 4 members (excludes halogenated alkanes) is 15. The Labute approximate surface area is 264 Å². The third-order valence-corrected chi connectivity index (χ3v) is 9.26. The lowest BCUT2D eigenvalue weighted by Gasteiger charge is -2.35. The van der Waals surface area contributed by atoms with Crippen molar-refractivity contribution in [1.82, 2.24) is 15.5 Å². The molecule has 0 aromatic carbocycles. The Morgan fingerprint density at radius 1 is 0.628 bits per heavy atom. The molecule has 0 aromatic rings. The minimum absolute atomic E-state index is 0.269. The number of ether oxygens (including phenoxy) is 3. The second-order valence-corrected chi connectivity index (χ2v) is 13.2. The first-order valence-electron chi connectivity index (χ1n) is 18.2. The predicted molar refractivity (Wildman–Crippen MR) is 176 cm³/mol. The van der Waals surface area contributed by atoms with Gasteiger partial charge in [0, 0.05) is 31.6 Å². The van der Waals surface area contributed by atoms with Gasteiger partial charge in [-0.25, -0.2) is 9.59 Å². The largest absolute Gasteiger partial charge is 0.449 e. The molecule has 8 nitrogen and oxygen atoms in total. The minimum Gasteiger partial charge on any atom is -0.449 e. The Bertz CT molecular complexity index is 680. The van der Waals surface area contributed by atoms with E-state index in [2.05, 4.69) is 22.5 Å². The first kappa shape index (κ1) is 37.6. The molecule has 0 spiro atoms. The molecule has 0 aromatic heterocycles. The quantitative estimate of drug-likeness (QED) is 0.101. The van der Waals surface area contributed by atoms with Crippen LogP contribution in [0.2, 0.25) is 0 Å². The Kier molecular flexibility index (Phi) is 22.5. The summed E-state index contributed by atoms with van der Waals surface area (Å²) in [5.74, 6) is 0. The normalized spacial score (nSPS) is 17.0. The van der Waals surface area contributed by atoms with E-state index in [4.69, 9.17) is 14.2 Å². The van der Waals surface area contributed by atoms with Gasteiger partial charge in [0.15, 0.2) is 0 Å². The van der Waals surface area contributed by atoms with Crippen LogP contribution < -0.4 is 10.6 Å². The van der Waals surface area contributed by atoms with Gasteiger partial charge >= 0.3 is 12.2 Å². The Balaban J connectivity index is 1.42. The lowest BCUT2D eigenvalue weighted by Crippen LogP contribution is -2.40. The van der Waals surface area contributed by atoms with Gasteiger partial charge in [-0.05, 0) is 32.2 Å². The highest BCUT2D eigenvalue weighted by Crippen LogP contribution is 2.37. The van der Waals surface area contributed by atoms with Crippen LogP contribution in [0.5, 0.6) is 0 Å². The molecule has 1 saturated heterocycles. The summed E-state index contributed by atoms with van der Waals surface area (Å²) < 4.78 is 16.6. The van der Waals surface area contributed by atoms with E-state index in [1.165, 1.54) is 96.3 Å². The van der Waals surface area contributed by atoms with E-state index >= 15 is 0 Å². The molecule has 0 atom stereocenters. The minimum atomic E-state index is -0.375. The van der Waals surface area contributed by atoms with Crippen LogP contribution in [-0.2, 0) is 14.2 Å². The highest BCUT2D eigenvalue weighted by atomic mass is 16.6. The summed E-state index contributed by atoms with van der Waals surface area (Å²) in [6.07, 6.45) is 26.8. The van der Waals surface area contributed by atoms with Gasteiger partial charge in [0.2, 0.25) is 0 Å². The van der Waals surface area contributed by atoms with Gasteiger partial charge in [-0.3, -0.25) is 4.90 Å². The summed E-state index contributed by atoms with van der Waals surface area (Å²) in [7, 11) is 0. The first-order valence-corrected chi connectivity index (χ1v) is 18.2. The molecule has 1 saturated carbocycles. The second-order valence-electron chi connectivity index (χ2n) is 13.2. The fourth-order valence-electron chi connectivity index (χ4n) is 6.35. The van der Waals surface area contributed by atoms with Crippen LogP contribution >= 0.6 is 0 Å². The van der Waals surface area contributed by atoms with Crippen molar-refractivity contribution in [2.24, 2.45) is 5.41 Å². The Hall–Kier alpha value is -1.54. The summed E-state index contributed by atoms with van der Waals surface area (Å²) in [4.78, 5) is 27.0. The van der Waals surface area contributed by atoms with E-state index in [0.717, 1.165) is 77.8 Å². The molecule has 8 heteroatoms. The van der Waals surface area contributed by atoms with Gasteiger partial charge in [0.05, 0.1) is 13.2 Å². The molecular weight excluding hydrogens is 542 g/mol. The number of morpholine rings is 1. The van der Waals surface area contributed by atoms with Crippen LogP contribution in [0.25, 0.3) is 0 Å². The van der Waals surface area contributed by atoms with Crippen molar-refractivity contribution in [3.63, 3.8) is 0 Å². The maximum absolute atomic E-state index is 12.4. The number of hydrogen-bond donors (Lipinski definition) is 2. The molecule has 43 heavy (non-hydrogen) atoms. The summed E-state index contributed by atoms with van der Waals surface area (Å²) >= 11 is 0. The molecule has 1 aliphatic heterocycles. The Morgan fingerprint density at radius 3 is 1.56 bits per heavy atom. The number of carbonyl (C=O) groups excluding carboxylic acids is 2. The van der Waals surface area contributed by atoms with E-state index in [-0.39, 0.29) is 17.6 Å². The summed E-state index contributed by atoms with van der Waals surface area (Å²) in [5.41, 5.74) is -0.269. The highest BCUT2D eigenvalue weighted by molar-refractivity contribution is 5.67. The number of hydrogen-bond acceptors (Lipinski definition) is 6. The van der Waals surface area contributed by atoms with E-state index in [1.807, 2.05) is 0 Å². The maximum atomic E-state index is 12.4. The summed E-state index contributed by atoms with van der Waals surface area (Å²) in [6, 6.07) is 0. The summed E-state index contributed by atoms with van der Waals surface area (Å²) in [6.45, 7) is 8.60. The maximum Gasteiger partial charge on any atom is 0.407 e. The lowest BCUT2D eigenvalue weighted by molar-refractivity contribution is 0.00297. The zero-order chi connectivity index (χ0) is 30.7. The van der Waals surface area contributed by atoms with Gasteiger partial charge in [0.25, 0.3) is 0 Å². The average Bonchev–Trinajstić information content (AvgIpc) is 3.03. The van der Waals surface area contributed by atoms with Gasteiger partial charge in [-0.15, -0.1) is 0 Å². The molecule has 0 unspecified atom stereocenters. The molecule has 2 rings (SSSR count). The molecule has 2 aliphatic rings. The molecule has 2 amide bonds. The third-order valence-electron chi connectivity index (χ3n) is 9.26. The second kappa shape index (κ2) is 25.8. The first-order chi connectivity index (χ1) is 21.1. The number of nitrogens with zero attached hydrogens (tertiary/aromatic N) is 1. The van der Waals surface area contributed by atoms with Crippen LogP contribution in [0, 0.1) is 5.41 Å². The van der Waals surface area contributed by atoms with E-state index in [0.29, 0.717) is 26.3 Å². The number of amides is 2. The van der Waals surface area contributed by atoms with Crippen LogP contribution in [0.3, 0.4) is 0 Å². The monoisotopic (exact) mass is 610 g/mol. The molecular formula is C35H67N3O5. The molecule has 252 valence electrons. The molecule has 2 N–H and O–H groups in total. The van der Waals surface area contributed by atoms with Crippen molar-refractivity contribution in [1.29, 1.82) is 0 Å². The zero-order valence-electron chi connectivity index (χ0n) is 27.9. The fraction of sp³-hybridized carbons (Fsp3) is 0.943. The number of carbonyl (C=O) groups is 2. The highest BCUT2D eigenvalue weighted by Gasteiger charge is 2.35. The fourth-order valence-corrected chi connectivity index (χ4v) is 6.35. The van der Waals surface area contributed by atoms with Crippen LogP contribution in [0.4, 0.5) is 9.59 Å². The van der Waals surface area contributed by atoms with Crippen molar-refractivity contribution in [2.75, 3.05) is 59.2 Å². The molecule has 2 fully saturated rings. The molecule has 1 aliphatic carbocycles. The van der Waals surface area contributed by atoms with Crippen molar-refractivity contribution in [3.05, 3.63) is 0 Å². The average molecular weight is 610 g/mol. The van der Waals surface area contributed by atoms with Crippen molar-refractivity contribution < 1.29 is 23.8 Å². The molecule has 0 bridgehead atoms. The Morgan fingerprint density at radius 2 is 1.07 bits per heavy atom. The zero-order valence-corrected chi connectivity index (χ0v) is 27.9. The molecule has 1 heterocycles. The van der Waals surface area contributed by atoms with E-state index in [9.17, 15) is 9.59 Å². The predicted octanol–water partition coefficient (Wildman–Crippen LogP) is 8.37. The smallest absolute Gasteiger partial charge is 0.407 e. The van der Waals surface area contributed by atoms with Crippen molar-refractivity contribution >= 4 is 12.2 Å². The number of alkyl carbamates (subject to hydrolysis) is 2. The van der Waals surface area contributed by atoms with Gasteiger partial charge < -0.3 is 24.8 Å². The van der Waals surface area contributed by atoms with Gasteiger partial charge in [0.1, 0.15) is 13.2 Å². The number of nitrogens with one attached hydrogen (secondary N) is 2. The van der Waals surface area contributed by atoms with Crippen LogP contribution in [0.15, 0.2) is 0 Å². The summed E-state index contributed by atoms with van der Waals surface area (Å²) in [5, 5.41) is 5.80. The SMILES string of the molecule is CCCCCCCCCCCCCCCCCCNC(=O)OCC1(COC(=O)NCCCN2CCOCC2)CCCCC1. The van der Waals surface area contributed by atoms with Crippen molar-refractivity contribution in [3.8, 4) is 0 Å². The standard InChI is InChI=1S/C35H67N3O5/c1-2-3-4-5-6-7-8-9-10-11-12-13-14-15-16-20-24-36-33(39)42-31-35(22-18-17-19-23-35)32-43-34(40)37-25-21-26-38-27-29-41-30-28-38/h2-32H2,1H3,(H,36,39)(H,37,40). The van der Waals surface area contributed by atoms with E-state index in [1.54, 1.807) is 0 Å². The van der Waals surface area contributed by atoms with Crippen molar-refractivity contribution in [2.45, 2.75) is 148 Å². The third kappa shape index (κ3) is 20.2. The van der Waals surface area contributed by atoms with E-state index < -0.39 is 0 Å².